The maximum atomic E-state index is 11.9. The minimum absolute atomic E-state index is 0.000858. The lowest BCUT2D eigenvalue weighted by Gasteiger charge is -2.06. The van der Waals surface area contributed by atoms with Gasteiger partial charge in [-0.25, -0.2) is 4.98 Å². The van der Waals surface area contributed by atoms with Crippen LogP contribution in [0, 0.1) is 5.92 Å². The number of nitrogens with zero attached hydrogens (tertiary/aromatic N) is 1. The second kappa shape index (κ2) is 7.51. The van der Waals surface area contributed by atoms with E-state index in [0.717, 1.165) is 21.9 Å². The summed E-state index contributed by atoms with van der Waals surface area (Å²) < 4.78 is 0. The van der Waals surface area contributed by atoms with E-state index < -0.39 is 0 Å². The van der Waals surface area contributed by atoms with Gasteiger partial charge >= 0.3 is 0 Å². The third kappa shape index (κ3) is 4.38. The second-order valence-corrected chi connectivity index (χ2v) is 7.04. The first kappa shape index (κ1) is 16.6. The van der Waals surface area contributed by atoms with Crippen LogP contribution in [0.1, 0.15) is 32.1 Å². The molecule has 0 spiro atoms. The number of nitrogens with one attached hydrogen (secondary N) is 2. The van der Waals surface area contributed by atoms with Crippen LogP contribution >= 0.6 is 22.7 Å². The van der Waals surface area contributed by atoms with Gasteiger partial charge in [0.25, 0.3) is 0 Å². The summed E-state index contributed by atoms with van der Waals surface area (Å²) in [5, 5.41) is 8.17. The van der Waals surface area contributed by atoms with Crippen LogP contribution < -0.4 is 10.6 Å². The van der Waals surface area contributed by atoms with Crippen molar-refractivity contribution < 1.29 is 9.59 Å². The summed E-state index contributed by atoms with van der Waals surface area (Å²) in [6.45, 7) is 5.92. The van der Waals surface area contributed by atoms with Gasteiger partial charge in [-0.3, -0.25) is 9.59 Å². The highest BCUT2D eigenvalue weighted by atomic mass is 32.1. The molecule has 0 aliphatic rings. The number of anilines is 1. The first-order chi connectivity index (χ1) is 10.5. The monoisotopic (exact) mass is 337 g/mol. The molecule has 2 aromatic rings. The van der Waals surface area contributed by atoms with Gasteiger partial charge in [-0.15, -0.1) is 22.7 Å². The molecule has 0 aliphatic heterocycles. The number of carbonyl (C=O) groups excluding carboxylic acids is 2. The van der Waals surface area contributed by atoms with Crippen molar-refractivity contribution >= 4 is 39.6 Å². The highest BCUT2D eigenvalue weighted by Gasteiger charge is 2.13. The van der Waals surface area contributed by atoms with Crippen LogP contribution in [-0.4, -0.2) is 16.8 Å². The minimum Gasteiger partial charge on any atom is -0.351 e. The topological polar surface area (TPSA) is 71.1 Å². The van der Waals surface area contributed by atoms with Crippen LogP contribution in [0.2, 0.25) is 0 Å². The molecule has 5 nitrogen and oxygen atoms in total. The van der Waals surface area contributed by atoms with Crippen molar-refractivity contribution in [3.8, 4) is 10.6 Å². The quantitative estimate of drug-likeness (QED) is 0.847. The summed E-state index contributed by atoms with van der Waals surface area (Å²) in [6.07, 6.45) is 0.807. The standard InChI is InChI=1S/C15H19N3O2S2/c1-4-9(2)14(20)18-15-17-12(8-21-15)13-6-5-11(22-13)7-16-10(3)19/h5-6,8-9H,4,7H2,1-3H3,(H,16,19)(H,17,18,20)/t9-/m1/s1. The molecule has 0 saturated carbocycles. The number of rotatable bonds is 6. The first-order valence-corrected chi connectivity index (χ1v) is 8.79. The van der Waals surface area contributed by atoms with E-state index in [4.69, 9.17) is 0 Å². The molecule has 7 heteroatoms. The fourth-order valence-electron chi connectivity index (χ4n) is 1.68. The summed E-state index contributed by atoms with van der Waals surface area (Å²) in [6, 6.07) is 3.96. The molecule has 22 heavy (non-hydrogen) atoms. The normalized spacial score (nSPS) is 12.0. The average molecular weight is 337 g/mol. The number of aromatic nitrogens is 1. The van der Waals surface area contributed by atoms with Gasteiger partial charge in [0, 0.05) is 23.1 Å². The number of carbonyl (C=O) groups is 2. The molecular formula is C15H19N3O2S2. The molecular weight excluding hydrogens is 318 g/mol. The van der Waals surface area contributed by atoms with Crippen LogP contribution in [0.15, 0.2) is 17.5 Å². The molecule has 1 atom stereocenters. The van der Waals surface area contributed by atoms with Crippen molar-refractivity contribution in [1.29, 1.82) is 0 Å². The third-order valence-electron chi connectivity index (χ3n) is 3.22. The number of hydrogen-bond acceptors (Lipinski definition) is 5. The van der Waals surface area contributed by atoms with Crippen molar-refractivity contribution in [1.82, 2.24) is 10.3 Å². The van der Waals surface area contributed by atoms with E-state index in [1.807, 2.05) is 31.4 Å². The fraction of sp³-hybridized carbons (Fsp3) is 0.400. The molecule has 0 unspecified atom stereocenters. The second-order valence-electron chi connectivity index (χ2n) is 5.01. The number of thiophene rings is 1. The molecule has 0 radical (unpaired) electrons. The van der Waals surface area contributed by atoms with E-state index in [1.165, 1.54) is 18.3 Å². The van der Waals surface area contributed by atoms with Crippen LogP contribution in [-0.2, 0) is 16.1 Å². The molecule has 0 fully saturated rings. The summed E-state index contributed by atoms with van der Waals surface area (Å²) in [7, 11) is 0. The summed E-state index contributed by atoms with van der Waals surface area (Å²) >= 11 is 3.01. The Morgan fingerprint density at radius 3 is 2.82 bits per heavy atom. The molecule has 118 valence electrons. The van der Waals surface area contributed by atoms with Gasteiger partial charge in [0.1, 0.15) is 0 Å². The van der Waals surface area contributed by atoms with E-state index in [9.17, 15) is 9.59 Å². The molecule has 2 rings (SSSR count). The lowest BCUT2D eigenvalue weighted by Crippen LogP contribution is -2.19. The third-order valence-corrected chi connectivity index (χ3v) is 5.09. The van der Waals surface area contributed by atoms with Gasteiger partial charge in [-0.2, -0.15) is 0 Å². The maximum absolute atomic E-state index is 11.9. The predicted octanol–water partition coefficient (Wildman–Crippen LogP) is 3.49. The van der Waals surface area contributed by atoms with E-state index in [0.29, 0.717) is 11.7 Å². The Balaban J connectivity index is 2.02. The van der Waals surface area contributed by atoms with Crippen molar-refractivity contribution in [3.63, 3.8) is 0 Å². The van der Waals surface area contributed by atoms with Gasteiger partial charge in [-0.05, 0) is 18.6 Å². The van der Waals surface area contributed by atoms with Crippen molar-refractivity contribution in [2.75, 3.05) is 5.32 Å². The minimum atomic E-state index is -0.0429. The Morgan fingerprint density at radius 1 is 1.36 bits per heavy atom. The van der Waals surface area contributed by atoms with E-state index >= 15 is 0 Å². The highest BCUT2D eigenvalue weighted by Crippen LogP contribution is 2.31. The number of thiazole rings is 1. The Morgan fingerprint density at radius 2 is 2.14 bits per heavy atom. The van der Waals surface area contributed by atoms with Gasteiger partial charge in [0.15, 0.2) is 5.13 Å². The molecule has 0 bridgehead atoms. The smallest absolute Gasteiger partial charge is 0.228 e. The predicted molar refractivity (Wildman–Crippen MR) is 91.0 cm³/mol. The zero-order valence-electron chi connectivity index (χ0n) is 12.8. The summed E-state index contributed by atoms with van der Waals surface area (Å²) in [5.74, 6) is -0.0575. The van der Waals surface area contributed by atoms with Crippen molar-refractivity contribution in [3.05, 3.63) is 22.4 Å². The molecule has 2 heterocycles. The molecule has 0 aromatic carbocycles. The zero-order valence-corrected chi connectivity index (χ0v) is 14.4. The fourth-order valence-corrected chi connectivity index (χ4v) is 3.38. The summed E-state index contributed by atoms with van der Waals surface area (Å²) in [5.41, 5.74) is 0.850. The zero-order chi connectivity index (χ0) is 16.1. The number of amides is 2. The first-order valence-electron chi connectivity index (χ1n) is 7.09. The SMILES string of the molecule is CC[C@@H](C)C(=O)Nc1nc(-c2ccc(CNC(C)=O)s2)cs1. The molecule has 2 aromatic heterocycles. The van der Waals surface area contributed by atoms with Crippen LogP contribution in [0.3, 0.4) is 0 Å². The van der Waals surface area contributed by atoms with Crippen LogP contribution in [0.25, 0.3) is 10.6 Å². The summed E-state index contributed by atoms with van der Waals surface area (Å²) in [4.78, 5) is 29.3. The van der Waals surface area contributed by atoms with E-state index in [-0.39, 0.29) is 17.7 Å². The average Bonchev–Trinajstić information content (AvgIpc) is 3.12. The van der Waals surface area contributed by atoms with Crippen molar-refractivity contribution in [2.45, 2.75) is 33.7 Å². The lowest BCUT2D eigenvalue weighted by molar-refractivity contribution is -0.120. The molecule has 2 amide bonds. The van der Waals surface area contributed by atoms with Crippen molar-refractivity contribution in [2.24, 2.45) is 5.92 Å². The van der Waals surface area contributed by atoms with Gasteiger partial charge in [0.2, 0.25) is 11.8 Å². The Kier molecular flexibility index (Phi) is 5.68. The Hall–Kier alpha value is -1.73. The number of hydrogen-bond donors (Lipinski definition) is 2. The Bertz CT molecular complexity index is 663. The molecule has 0 aliphatic carbocycles. The van der Waals surface area contributed by atoms with Crippen LogP contribution in [0.5, 0.6) is 0 Å². The molecule has 0 saturated heterocycles. The van der Waals surface area contributed by atoms with Gasteiger partial charge in [-0.1, -0.05) is 13.8 Å². The largest absolute Gasteiger partial charge is 0.351 e. The highest BCUT2D eigenvalue weighted by molar-refractivity contribution is 7.17. The van der Waals surface area contributed by atoms with Gasteiger partial charge in [0.05, 0.1) is 17.1 Å². The Labute approximate surface area is 137 Å². The van der Waals surface area contributed by atoms with E-state index in [1.54, 1.807) is 11.3 Å². The van der Waals surface area contributed by atoms with Crippen LogP contribution in [0.4, 0.5) is 5.13 Å². The lowest BCUT2D eigenvalue weighted by atomic mass is 10.1. The van der Waals surface area contributed by atoms with Gasteiger partial charge < -0.3 is 10.6 Å². The maximum Gasteiger partial charge on any atom is 0.228 e. The molecule has 2 N–H and O–H groups in total. The van der Waals surface area contributed by atoms with E-state index in [2.05, 4.69) is 15.6 Å².